The third kappa shape index (κ3) is 6.82. The summed E-state index contributed by atoms with van der Waals surface area (Å²) in [5.41, 5.74) is 0. The second-order valence-electron chi connectivity index (χ2n) is 3.35. The Morgan fingerprint density at radius 1 is 1.21 bits per heavy atom. The maximum Gasteiger partial charge on any atom is 0.332 e. The highest BCUT2D eigenvalue weighted by atomic mass is 16.5. The van der Waals surface area contributed by atoms with Crippen LogP contribution in [-0.2, 0) is 14.3 Å². The van der Waals surface area contributed by atoms with Crippen molar-refractivity contribution in [3.05, 3.63) is 0 Å². The van der Waals surface area contributed by atoms with Crippen LogP contribution in [-0.4, -0.2) is 47.7 Å². The van der Waals surface area contributed by atoms with E-state index >= 15 is 0 Å². The molecule has 2 atom stereocenters. The molecule has 0 heterocycles. The van der Waals surface area contributed by atoms with Crippen LogP contribution in [0.15, 0.2) is 0 Å². The first-order chi connectivity index (χ1) is 6.43. The summed E-state index contributed by atoms with van der Waals surface area (Å²) in [7, 11) is 0. The number of carboxylic acid groups (broad SMARTS) is 1. The highest BCUT2D eigenvalue weighted by Crippen LogP contribution is 1.96. The molecule has 0 spiro atoms. The van der Waals surface area contributed by atoms with Gasteiger partial charge in [0.25, 0.3) is 0 Å². The van der Waals surface area contributed by atoms with E-state index < -0.39 is 18.2 Å². The van der Waals surface area contributed by atoms with Crippen LogP contribution in [0.3, 0.4) is 0 Å². The fraction of sp³-hybridized carbons (Fsp3) is 0.889. The van der Waals surface area contributed by atoms with Crippen molar-refractivity contribution in [2.24, 2.45) is 0 Å². The lowest BCUT2D eigenvalue weighted by atomic mass is 10.3. The van der Waals surface area contributed by atoms with Crippen LogP contribution in [0, 0.1) is 0 Å². The second kappa shape index (κ2) is 6.75. The molecule has 0 aliphatic carbocycles. The standard InChI is InChI=1S/C9H18O5/c1-6(2)13-4-8(10)5-14-7(3)9(11)12/h6-8,10H,4-5H2,1-3H3,(H,11,12)/t7-,8?/m0/s1. The van der Waals surface area contributed by atoms with E-state index in [4.69, 9.17) is 14.6 Å². The lowest BCUT2D eigenvalue weighted by molar-refractivity contribution is -0.151. The van der Waals surface area contributed by atoms with E-state index in [0.717, 1.165) is 0 Å². The van der Waals surface area contributed by atoms with E-state index in [-0.39, 0.29) is 19.3 Å². The normalized spacial score (nSPS) is 15.5. The van der Waals surface area contributed by atoms with Crippen molar-refractivity contribution in [2.45, 2.75) is 39.1 Å². The monoisotopic (exact) mass is 206 g/mol. The number of carbonyl (C=O) groups is 1. The Kier molecular flexibility index (Phi) is 6.44. The van der Waals surface area contributed by atoms with Crippen molar-refractivity contribution in [1.29, 1.82) is 0 Å². The van der Waals surface area contributed by atoms with Crippen LogP contribution in [0.4, 0.5) is 0 Å². The minimum absolute atomic E-state index is 0.0276. The first-order valence-corrected chi connectivity index (χ1v) is 4.57. The average Bonchev–Trinajstić information content (AvgIpc) is 2.10. The van der Waals surface area contributed by atoms with Crippen LogP contribution in [0.5, 0.6) is 0 Å². The highest BCUT2D eigenvalue weighted by Gasteiger charge is 2.13. The predicted molar refractivity (Wildman–Crippen MR) is 50.1 cm³/mol. The molecule has 84 valence electrons. The van der Waals surface area contributed by atoms with E-state index in [1.54, 1.807) is 0 Å². The Bertz CT molecular complexity index is 169. The molecule has 0 bridgehead atoms. The number of aliphatic carboxylic acids is 1. The summed E-state index contributed by atoms with van der Waals surface area (Å²) in [5.74, 6) is -1.04. The maximum atomic E-state index is 10.3. The SMILES string of the molecule is CC(C)OCC(O)CO[C@@H](C)C(=O)O. The molecular weight excluding hydrogens is 188 g/mol. The summed E-state index contributed by atoms with van der Waals surface area (Å²) >= 11 is 0. The van der Waals surface area contributed by atoms with Gasteiger partial charge in [-0.05, 0) is 20.8 Å². The van der Waals surface area contributed by atoms with Gasteiger partial charge in [-0.3, -0.25) is 0 Å². The topological polar surface area (TPSA) is 76.0 Å². The van der Waals surface area contributed by atoms with Gasteiger partial charge in [0, 0.05) is 0 Å². The molecule has 2 N–H and O–H groups in total. The van der Waals surface area contributed by atoms with Gasteiger partial charge in [0.05, 0.1) is 19.3 Å². The Morgan fingerprint density at radius 3 is 2.14 bits per heavy atom. The summed E-state index contributed by atoms with van der Waals surface area (Å²) in [5, 5.41) is 17.8. The smallest absolute Gasteiger partial charge is 0.332 e. The fourth-order valence-electron chi connectivity index (χ4n) is 0.678. The summed E-state index contributed by atoms with van der Waals surface area (Å²) in [6, 6.07) is 0. The summed E-state index contributed by atoms with van der Waals surface area (Å²) in [6.07, 6.45) is -1.63. The van der Waals surface area contributed by atoms with Gasteiger partial charge in [0.15, 0.2) is 6.10 Å². The quantitative estimate of drug-likeness (QED) is 0.625. The van der Waals surface area contributed by atoms with Crippen molar-refractivity contribution in [3.63, 3.8) is 0 Å². The molecule has 0 rings (SSSR count). The van der Waals surface area contributed by atoms with Gasteiger partial charge in [0.2, 0.25) is 0 Å². The molecule has 0 fully saturated rings. The minimum atomic E-state index is -1.04. The Morgan fingerprint density at radius 2 is 1.71 bits per heavy atom. The van der Waals surface area contributed by atoms with Gasteiger partial charge in [-0.15, -0.1) is 0 Å². The molecule has 5 nitrogen and oxygen atoms in total. The first kappa shape index (κ1) is 13.4. The van der Waals surface area contributed by atoms with Crippen LogP contribution in [0.25, 0.3) is 0 Å². The maximum absolute atomic E-state index is 10.3. The highest BCUT2D eigenvalue weighted by molar-refractivity contribution is 5.71. The zero-order chi connectivity index (χ0) is 11.1. The van der Waals surface area contributed by atoms with E-state index in [1.807, 2.05) is 13.8 Å². The number of aliphatic hydroxyl groups is 1. The van der Waals surface area contributed by atoms with Crippen molar-refractivity contribution in [1.82, 2.24) is 0 Å². The van der Waals surface area contributed by atoms with Gasteiger partial charge < -0.3 is 19.7 Å². The molecule has 1 unspecified atom stereocenters. The molecule has 0 aromatic heterocycles. The number of rotatable bonds is 7. The third-order valence-electron chi connectivity index (χ3n) is 1.51. The lowest BCUT2D eigenvalue weighted by Gasteiger charge is -2.15. The van der Waals surface area contributed by atoms with Crippen LogP contribution >= 0.6 is 0 Å². The lowest BCUT2D eigenvalue weighted by Crippen LogP contribution is -2.29. The summed E-state index contributed by atoms with van der Waals surface area (Å²) < 4.78 is 9.99. The van der Waals surface area contributed by atoms with Gasteiger partial charge in [-0.1, -0.05) is 0 Å². The van der Waals surface area contributed by atoms with Crippen molar-refractivity contribution in [2.75, 3.05) is 13.2 Å². The van der Waals surface area contributed by atoms with E-state index in [9.17, 15) is 9.90 Å². The van der Waals surface area contributed by atoms with Gasteiger partial charge in [0.1, 0.15) is 6.10 Å². The molecule has 0 amide bonds. The Labute approximate surface area is 83.6 Å². The number of ether oxygens (including phenoxy) is 2. The molecule has 0 aliphatic heterocycles. The summed E-state index contributed by atoms with van der Waals surface area (Å²) in [4.78, 5) is 10.3. The summed E-state index contributed by atoms with van der Waals surface area (Å²) in [6.45, 7) is 5.25. The third-order valence-corrected chi connectivity index (χ3v) is 1.51. The van der Waals surface area contributed by atoms with E-state index in [2.05, 4.69) is 0 Å². The molecule has 0 aromatic carbocycles. The van der Waals surface area contributed by atoms with Crippen molar-refractivity contribution >= 4 is 5.97 Å². The molecule has 14 heavy (non-hydrogen) atoms. The number of hydrogen-bond donors (Lipinski definition) is 2. The van der Waals surface area contributed by atoms with Crippen molar-refractivity contribution < 1.29 is 24.5 Å². The van der Waals surface area contributed by atoms with Crippen LogP contribution in [0.1, 0.15) is 20.8 Å². The minimum Gasteiger partial charge on any atom is -0.479 e. The molecular formula is C9H18O5. The Balaban J connectivity index is 3.53. The molecule has 0 aromatic rings. The van der Waals surface area contributed by atoms with Crippen LogP contribution < -0.4 is 0 Å². The van der Waals surface area contributed by atoms with Crippen LogP contribution in [0.2, 0.25) is 0 Å². The zero-order valence-electron chi connectivity index (χ0n) is 8.77. The van der Waals surface area contributed by atoms with Gasteiger partial charge >= 0.3 is 5.97 Å². The molecule has 0 aliphatic rings. The number of aliphatic hydroxyl groups excluding tert-OH is 1. The second-order valence-corrected chi connectivity index (χ2v) is 3.35. The van der Waals surface area contributed by atoms with Gasteiger partial charge in [-0.25, -0.2) is 4.79 Å². The largest absolute Gasteiger partial charge is 0.479 e. The molecule has 5 heteroatoms. The van der Waals surface area contributed by atoms with E-state index in [0.29, 0.717) is 0 Å². The molecule has 0 radical (unpaired) electrons. The average molecular weight is 206 g/mol. The zero-order valence-corrected chi connectivity index (χ0v) is 8.77. The number of hydrogen-bond acceptors (Lipinski definition) is 4. The van der Waals surface area contributed by atoms with Crippen molar-refractivity contribution in [3.8, 4) is 0 Å². The first-order valence-electron chi connectivity index (χ1n) is 4.57. The molecule has 0 saturated heterocycles. The molecule has 0 saturated carbocycles. The van der Waals surface area contributed by atoms with Gasteiger partial charge in [-0.2, -0.15) is 0 Å². The number of carboxylic acids is 1. The predicted octanol–water partition coefficient (Wildman–Crippen LogP) is 0.262. The van der Waals surface area contributed by atoms with E-state index in [1.165, 1.54) is 6.92 Å². The Hall–Kier alpha value is -0.650. The fourth-order valence-corrected chi connectivity index (χ4v) is 0.678.